The molecule has 0 aliphatic rings. The quantitative estimate of drug-likeness (QED) is 0.802. The SMILES string of the molecule is NC(=O)c1ccc(Cl)cc1Nc1ccc(C(=O)O)cc1Cl. The molecule has 2 aromatic rings. The minimum atomic E-state index is -1.08. The molecule has 0 fully saturated rings. The van der Waals surface area contributed by atoms with Crippen LogP contribution in [0.15, 0.2) is 36.4 Å². The van der Waals surface area contributed by atoms with E-state index >= 15 is 0 Å². The molecule has 2 aromatic carbocycles. The van der Waals surface area contributed by atoms with Crippen molar-refractivity contribution in [3.8, 4) is 0 Å². The van der Waals surface area contributed by atoms with Crippen LogP contribution in [0.25, 0.3) is 0 Å². The van der Waals surface area contributed by atoms with E-state index in [0.29, 0.717) is 16.4 Å². The Morgan fingerprint density at radius 3 is 2.33 bits per heavy atom. The van der Waals surface area contributed by atoms with Gasteiger partial charge >= 0.3 is 5.97 Å². The molecule has 0 heterocycles. The maximum Gasteiger partial charge on any atom is 0.335 e. The van der Waals surface area contributed by atoms with Crippen LogP contribution in [0.3, 0.4) is 0 Å². The number of halogens is 2. The van der Waals surface area contributed by atoms with E-state index in [1.54, 1.807) is 6.07 Å². The van der Waals surface area contributed by atoms with Gasteiger partial charge in [0, 0.05) is 5.02 Å². The summed E-state index contributed by atoms with van der Waals surface area (Å²) in [4.78, 5) is 22.2. The average Bonchev–Trinajstić information content (AvgIpc) is 2.40. The number of hydrogen-bond acceptors (Lipinski definition) is 3. The van der Waals surface area contributed by atoms with Crippen LogP contribution >= 0.6 is 23.2 Å². The lowest BCUT2D eigenvalue weighted by Gasteiger charge is -2.12. The molecule has 0 unspecified atom stereocenters. The number of rotatable bonds is 4. The molecule has 0 saturated heterocycles. The highest BCUT2D eigenvalue weighted by molar-refractivity contribution is 6.34. The van der Waals surface area contributed by atoms with Gasteiger partial charge in [-0.05, 0) is 36.4 Å². The number of nitrogens with one attached hydrogen (secondary N) is 1. The number of primary amides is 1. The van der Waals surface area contributed by atoms with Gasteiger partial charge in [-0.15, -0.1) is 0 Å². The van der Waals surface area contributed by atoms with Crippen molar-refractivity contribution >= 4 is 46.5 Å². The van der Waals surface area contributed by atoms with Crippen molar-refractivity contribution in [2.24, 2.45) is 5.73 Å². The minimum absolute atomic E-state index is 0.0618. The largest absolute Gasteiger partial charge is 0.478 e. The van der Waals surface area contributed by atoms with E-state index in [1.807, 2.05) is 0 Å². The standard InChI is InChI=1S/C14H10Cl2N2O3/c15-8-2-3-9(13(17)19)12(6-8)18-11-4-1-7(14(20)21)5-10(11)16/h1-6,18H,(H2,17,19)(H,20,21). The van der Waals surface area contributed by atoms with Crippen molar-refractivity contribution in [1.82, 2.24) is 0 Å². The molecule has 0 radical (unpaired) electrons. The molecule has 4 N–H and O–H groups in total. The first-order valence-corrected chi connectivity index (χ1v) is 6.53. The summed E-state index contributed by atoms with van der Waals surface area (Å²) in [6.45, 7) is 0. The van der Waals surface area contributed by atoms with E-state index < -0.39 is 11.9 Å². The Morgan fingerprint density at radius 2 is 1.76 bits per heavy atom. The molecule has 0 aliphatic carbocycles. The van der Waals surface area contributed by atoms with Crippen molar-refractivity contribution in [3.63, 3.8) is 0 Å². The predicted octanol–water partition coefficient (Wildman–Crippen LogP) is 3.53. The number of carbonyl (C=O) groups is 2. The molecule has 5 nitrogen and oxygen atoms in total. The van der Waals surface area contributed by atoms with Crippen LogP contribution in [0, 0.1) is 0 Å². The Balaban J connectivity index is 2.40. The fourth-order valence-electron chi connectivity index (χ4n) is 1.73. The highest BCUT2D eigenvalue weighted by Gasteiger charge is 2.12. The van der Waals surface area contributed by atoms with Crippen LogP contribution in [0.2, 0.25) is 10.0 Å². The van der Waals surface area contributed by atoms with Crippen molar-refractivity contribution in [1.29, 1.82) is 0 Å². The Labute approximate surface area is 130 Å². The molecule has 0 saturated carbocycles. The maximum atomic E-state index is 11.4. The van der Waals surface area contributed by atoms with E-state index in [1.165, 1.54) is 30.3 Å². The van der Waals surface area contributed by atoms with Crippen LogP contribution in [-0.4, -0.2) is 17.0 Å². The monoisotopic (exact) mass is 324 g/mol. The van der Waals surface area contributed by atoms with Crippen LogP contribution < -0.4 is 11.1 Å². The molecule has 0 spiro atoms. The number of aromatic carboxylic acids is 1. The van der Waals surface area contributed by atoms with Gasteiger partial charge in [0.25, 0.3) is 5.91 Å². The Kier molecular flexibility index (Phi) is 4.35. The summed E-state index contributed by atoms with van der Waals surface area (Å²) < 4.78 is 0. The smallest absolute Gasteiger partial charge is 0.335 e. The lowest BCUT2D eigenvalue weighted by molar-refractivity contribution is 0.0696. The van der Waals surface area contributed by atoms with Crippen LogP contribution in [-0.2, 0) is 0 Å². The number of benzene rings is 2. The highest BCUT2D eigenvalue weighted by Crippen LogP contribution is 2.29. The zero-order valence-corrected chi connectivity index (χ0v) is 12.1. The molecule has 1 amide bonds. The lowest BCUT2D eigenvalue weighted by atomic mass is 10.1. The summed E-state index contributed by atoms with van der Waals surface area (Å²) in [6, 6.07) is 8.76. The fourth-order valence-corrected chi connectivity index (χ4v) is 2.13. The minimum Gasteiger partial charge on any atom is -0.478 e. The molecule has 0 bridgehead atoms. The topological polar surface area (TPSA) is 92.4 Å². The highest BCUT2D eigenvalue weighted by atomic mass is 35.5. The van der Waals surface area contributed by atoms with Gasteiger partial charge in [-0.25, -0.2) is 4.79 Å². The third-order valence-electron chi connectivity index (χ3n) is 2.73. The van der Waals surface area contributed by atoms with Gasteiger partial charge in [-0.2, -0.15) is 0 Å². The van der Waals surface area contributed by atoms with Gasteiger partial charge in [0.2, 0.25) is 0 Å². The molecule has 0 aliphatic heterocycles. The van der Waals surface area contributed by atoms with Gasteiger partial charge in [0.1, 0.15) is 0 Å². The molecular weight excluding hydrogens is 315 g/mol. The van der Waals surface area contributed by atoms with E-state index in [2.05, 4.69) is 5.32 Å². The number of anilines is 2. The van der Waals surface area contributed by atoms with Gasteiger partial charge in [0.15, 0.2) is 0 Å². The molecule has 108 valence electrons. The third kappa shape index (κ3) is 3.45. The second kappa shape index (κ2) is 6.03. The summed E-state index contributed by atoms with van der Waals surface area (Å²) in [5.41, 5.74) is 6.42. The summed E-state index contributed by atoms with van der Waals surface area (Å²) in [6.07, 6.45) is 0. The van der Waals surface area contributed by atoms with E-state index in [9.17, 15) is 9.59 Å². The number of carboxylic acids is 1. The van der Waals surface area contributed by atoms with Crippen molar-refractivity contribution in [2.45, 2.75) is 0 Å². The first kappa shape index (κ1) is 15.2. The number of carboxylic acid groups (broad SMARTS) is 1. The number of hydrogen-bond donors (Lipinski definition) is 3. The Morgan fingerprint density at radius 1 is 1.05 bits per heavy atom. The van der Waals surface area contributed by atoms with E-state index in [0.717, 1.165) is 0 Å². The summed E-state index contributed by atoms with van der Waals surface area (Å²) >= 11 is 11.9. The average molecular weight is 325 g/mol. The van der Waals surface area contributed by atoms with Crippen LogP contribution in [0.4, 0.5) is 11.4 Å². The maximum absolute atomic E-state index is 11.4. The second-order valence-corrected chi connectivity index (χ2v) is 5.02. The van der Waals surface area contributed by atoms with Gasteiger partial charge in [-0.3, -0.25) is 4.79 Å². The van der Waals surface area contributed by atoms with Gasteiger partial charge < -0.3 is 16.2 Å². The molecular formula is C14H10Cl2N2O3. The van der Waals surface area contributed by atoms with Crippen LogP contribution in [0.1, 0.15) is 20.7 Å². The van der Waals surface area contributed by atoms with E-state index in [4.69, 9.17) is 34.0 Å². The lowest BCUT2D eigenvalue weighted by Crippen LogP contribution is -2.13. The molecule has 7 heteroatoms. The third-order valence-corrected chi connectivity index (χ3v) is 3.28. The van der Waals surface area contributed by atoms with Gasteiger partial charge in [-0.1, -0.05) is 23.2 Å². The van der Waals surface area contributed by atoms with Crippen LogP contribution in [0.5, 0.6) is 0 Å². The van der Waals surface area contributed by atoms with Crippen molar-refractivity contribution in [2.75, 3.05) is 5.32 Å². The molecule has 21 heavy (non-hydrogen) atoms. The number of nitrogens with two attached hydrogens (primary N) is 1. The summed E-state index contributed by atoms with van der Waals surface area (Å²) in [5, 5.41) is 12.4. The molecule has 0 aromatic heterocycles. The summed E-state index contributed by atoms with van der Waals surface area (Å²) in [5.74, 6) is -1.70. The zero-order valence-electron chi connectivity index (χ0n) is 10.6. The first-order chi connectivity index (χ1) is 9.88. The van der Waals surface area contributed by atoms with Gasteiger partial charge in [0.05, 0.1) is 27.5 Å². The zero-order chi connectivity index (χ0) is 15.6. The first-order valence-electron chi connectivity index (χ1n) is 5.77. The van der Waals surface area contributed by atoms with E-state index in [-0.39, 0.29) is 16.1 Å². The van der Waals surface area contributed by atoms with Crippen molar-refractivity contribution < 1.29 is 14.7 Å². The Hall–Kier alpha value is -2.24. The summed E-state index contributed by atoms with van der Waals surface area (Å²) in [7, 11) is 0. The molecule has 2 rings (SSSR count). The normalized spacial score (nSPS) is 10.2. The molecule has 0 atom stereocenters. The second-order valence-electron chi connectivity index (χ2n) is 4.18. The van der Waals surface area contributed by atoms with Crippen molar-refractivity contribution in [3.05, 3.63) is 57.6 Å². The Bertz CT molecular complexity index is 732. The fraction of sp³-hybridized carbons (Fsp3) is 0. The number of amides is 1. The number of carbonyl (C=O) groups excluding carboxylic acids is 1. The predicted molar refractivity (Wildman–Crippen MR) is 81.7 cm³/mol.